The highest BCUT2D eigenvalue weighted by atomic mass is 16.5. The van der Waals surface area contributed by atoms with Gasteiger partial charge in [0.25, 0.3) is 0 Å². The number of ether oxygens (including phenoxy) is 3. The minimum absolute atomic E-state index is 0.358. The van der Waals surface area contributed by atoms with Crippen molar-refractivity contribution in [3.8, 4) is 11.5 Å². The zero-order valence-corrected chi connectivity index (χ0v) is 14.2. The summed E-state index contributed by atoms with van der Waals surface area (Å²) in [6.07, 6.45) is 2.69. The lowest BCUT2D eigenvalue weighted by molar-refractivity contribution is 0.110. The van der Waals surface area contributed by atoms with E-state index in [9.17, 15) is 0 Å². The largest absolute Gasteiger partial charge is 0.493 e. The van der Waals surface area contributed by atoms with E-state index in [1.807, 2.05) is 30.3 Å². The maximum Gasteiger partial charge on any atom is 0.161 e. The first-order valence-corrected chi connectivity index (χ1v) is 8.51. The van der Waals surface area contributed by atoms with Crippen molar-refractivity contribution in [1.29, 1.82) is 0 Å². The number of nitrogens with one attached hydrogen (secondary N) is 1. The van der Waals surface area contributed by atoms with Crippen LogP contribution in [-0.2, 0) is 17.9 Å². The van der Waals surface area contributed by atoms with Gasteiger partial charge in [-0.05, 0) is 36.1 Å². The average molecular weight is 327 g/mol. The topological polar surface area (TPSA) is 39.7 Å². The monoisotopic (exact) mass is 327 g/mol. The van der Waals surface area contributed by atoms with E-state index < -0.39 is 0 Å². The molecule has 1 aliphatic rings. The second-order valence-corrected chi connectivity index (χ2v) is 6.03. The number of methoxy groups -OCH3 is 1. The molecule has 1 N–H and O–H groups in total. The Balaban J connectivity index is 1.57. The fourth-order valence-electron chi connectivity index (χ4n) is 2.86. The molecule has 0 saturated carbocycles. The van der Waals surface area contributed by atoms with Gasteiger partial charge < -0.3 is 19.5 Å². The predicted molar refractivity (Wildman–Crippen MR) is 94.4 cm³/mol. The molecule has 0 spiro atoms. The molecule has 0 bridgehead atoms. The normalized spacial score (nSPS) is 17.0. The lowest BCUT2D eigenvalue weighted by atomic mass is 10.2. The van der Waals surface area contributed by atoms with Crippen molar-refractivity contribution in [3.05, 3.63) is 59.7 Å². The number of rotatable bonds is 8. The van der Waals surface area contributed by atoms with Crippen molar-refractivity contribution in [2.45, 2.75) is 32.1 Å². The molecule has 128 valence electrons. The SMILES string of the molecule is COc1ccc(CNC[C@@H]2CCCO2)cc1OCc1ccccc1. The van der Waals surface area contributed by atoms with Crippen molar-refractivity contribution in [2.24, 2.45) is 0 Å². The highest BCUT2D eigenvalue weighted by Crippen LogP contribution is 2.29. The van der Waals surface area contributed by atoms with Crippen LogP contribution in [-0.4, -0.2) is 26.4 Å². The third-order valence-electron chi connectivity index (χ3n) is 4.19. The van der Waals surface area contributed by atoms with E-state index in [-0.39, 0.29) is 0 Å². The minimum atomic E-state index is 0.358. The van der Waals surface area contributed by atoms with Crippen LogP contribution in [0.4, 0.5) is 0 Å². The molecule has 4 heteroatoms. The van der Waals surface area contributed by atoms with Gasteiger partial charge in [0.15, 0.2) is 11.5 Å². The standard InChI is InChI=1S/C20H25NO3/c1-22-19-10-9-17(13-21-14-18-8-5-11-23-18)12-20(19)24-15-16-6-3-2-4-7-16/h2-4,6-7,9-10,12,18,21H,5,8,11,13-15H2,1H3/t18-/m0/s1. The number of hydrogen-bond donors (Lipinski definition) is 1. The molecule has 1 fully saturated rings. The molecule has 1 aliphatic heterocycles. The van der Waals surface area contributed by atoms with Crippen LogP contribution in [0.5, 0.6) is 11.5 Å². The Hall–Kier alpha value is -2.04. The molecular formula is C20H25NO3. The Morgan fingerprint density at radius 3 is 2.71 bits per heavy atom. The Morgan fingerprint density at radius 2 is 1.96 bits per heavy atom. The molecule has 0 aromatic heterocycles. The van der Waals surface area contributed by atoms with Crippen LogP contribution in [0.25, 0.3) is 0 Å². The molecule has 4 nitrogen and oxygen atoms in total. The summed E-state index contributed by atoms with van der Waals surface area (Å²) in [6, 6.07) is 16.2. The molecule has 1 atom stereocenters. The lowest BCUT2D eigenvalue weighted by Gasteiger charge is -2.14. The maximum absolute atomic E-state index is 5.96. The Labute approximate surface area is 143 Å². The molecule has 0 unspecified atom stereocenters. The number of benzene rings is 2. The highest BCUT2D eigenvalue weighted by Gasteiger charge is 2.14. The molecule has 24 heavy (non-hydrogen) atoms. The van der Waals surface area contributed by atoms with Gasteiger partial charge >= 0.3 is 0 Å². The molecule has 0 aliphatic carbocycles. The van der Waals surface area contributed by atoms with Gasteiger partial charge in [-0.2, -0.15) is 0 Å². The third kappa shape index (κ3) is 4.73. The van der Waals surface area contributed by atoms with Crippen molar-refractivity contribution in [3.63, 3.8) is 0 Å². The summed E-state index contributed by atoms with van der Waals surface area (Å²) in [6.45, 7) is 3.12. The second-order valence-electron chi connectivity index (χ2n) is 6.03. The van der Waals surface area contributed by atoms with Crippen LogP contribution < -0.4 is 14.8 Å². The molecule has 1 heterocycles. The van der Waals surface area contributed by atoms with Crippen molar-refractivity contribution in [1.82, 2.24) is 5.32 Å². The summed E-state index contributed by atoms with van der Waals surface area (Å²) < 4.78 is 17.0. The van der Waals surface area contributed by atoms with Gasteiger partial charge in [-0.1, -0.05) is 36.4 Å². The average Bonchev–Trinajstić information content (AvgIpc) is 3.14. The molecular weight excluding hydrogens is 302 g/mol. The van der Waals surface area contributed by atoms with Crippen LogP contribution in [0.15, 0.2) is 48.5 Å². The molecule has 0 radical (unpaired) electrons. The summed E-state index contributed by atoms with van der Waals surface area (Å²) >= 11 is 0. The van der Waals surface area contributed by atoms with E-state index >= 15 is 0 Å². The summed E-state index contributed by atoms with van der Waals surface area (Å²) in [5.41, 5.74) is 2.32. The quantitative estimate of drug-likeness (QED) is 0.805. The van der Waals surface area contributed by atoms with Gasteiger partial charge in [-0.3, -0.25) is 0 Å². The summed E-state index contributed by atoms with van der Waals surface area (Å²) in [7, 11) is 1.67. The van der Waals surface area contributed by atoms with Gasteiger partial charge in [0.2, 0.25) is 0 Å². The first kappa shape index (κ1) is 16.8. The molecule has 2 aromatic carbocycles. The molecule has 0 amide bonds. The van der Waals surface area contributed by atoms with Gasteiger partial charge in [0, 0.05) is 19.7 Å². The maximum atomic E-state index is 5.96. The predicted octanol–water partition coefficient (Wildman–Crippen LogP) is 3.54. The zero-order valence-electron chi connectivity index (χ0n) is 14.2. The van der Waals surface area contributed by atoms with Gasteiger partial charge in [0.1, 0.15) is 6.61 Å². The van der Waals surface area contributed by atoms with E-state index in [2.05, 4.69) is 23.5 Å². The lowest BCUT2D eigenvalue weighted by Crippen LogP contribution is -2.25. The van der Waals surface area contributed by atoms with Gasteiger partial charge in [-0.25, -0.2) is 0 Å². The number of hydrogen-bond acceptors (Lipinski definition) is 4. The highest BCUT2D eigenvalue weighted by molar-refractivity contribution is 5.43. The van der Waals surface area contributed by atoms with E-state index in [1.54, 1.807) is 7.11 Å². The van der Waals surface area contributed by atoms with Crippen LogP contribution in [0.2, 0.25) is 0 Å². The molecule has 1 saturated heterocycles. The van der Waals surface area contributed by atoms with Crippen molar-refractivity contribution < 1.29 is 14.2 Å². The summed E-state index contributed by atoms with van der Waals surface area (Å²) in [4.78, 5) is 0. The second kappa shape index (κ2) is 8.71. The van der Waals surface area contributed by atoms with Crippen LogP contribution in [0.1, 0.15) is 24.0 Å². The van der Waals surface area contributed by atoms with E-state index in [0.29, 0.717) is 12.7 Å². The fourth-order valence-corrected chi connectivity index (χ4v) is 2.86. The van der Waals surface area contributed by atoms with E-state index in [0.717, 1.165) is 43.2 Å². The smallest absolute Gasteiger partial charge is 0.161 e. The first-order valence-electron chi connectivity index (χ1n) is 8.51. The van der Waals surface area contributed by atoms with E-state index in [4.69, 9.17) is 14.2 Å². The summed E-state index contributed by atoms with van der Waals surface area (Å²) in [5, 5.41) is 3.46. The van der Waals surface area contributed by atoms with Crippen LogP contribution in [0, 0.1) is 0 Å². The van der Waals surface area contributed by atoms with E-state index in [1.165, 1.54) is 12.0 Å². The third-order valence-corrected chi connectivity index (χ3v) is 4.19. The van der Waals surface area contributed by atoms with Gasteiger partial charge in [0.05, 0.1) is 13.2 Å². The van der Waals surface area contributed by atoms with Crippen molar-refractivity contribution in [2.75, 3.05) is 20.3 Å². The van der Waals surface area contributed by atoms with Gasteiger partial charge in [-0.15, -0.1) is 0 Å². The molecule has 3 rings (SSSR count). The molecule has 2 aromatic rings. The fraction of sp³-hybridized carbons (Fsp3) is 0.400. The zero-order chi connectivity index (χ0) is 16.6. The first-order chi connectivity index (χ1) is 11.8. The van der Waals surface area contributed by atoms with Crippen molar-refractivity contribution >= 4 is 0 Å². The Morgan fingerprint density at radius 1 is 1.08 bits per heavy atom. The van der Waals surface area contributed by atoms with Crippen LogP contribution in [0.3, 0.4) is 0 Å². The minimum Gasteiger partial charge on any atom is -0.493 e. The summed E-state index contributed by atoms with van der Waals surface area (Å²) in [5.74, 6) is 1.53. The van der Waals surface area contributed by atoms with Crippen LogP contribution >= 0.6 is 0 Å². The Bertz CT molecular complexity index is 624. The Kier molecular flexibility index (Phi) is 6.10.